The lowest BCUT2D eigenvalue weighted by atomic mass is 10.1. The minimum atomic E-state index is -0.102. The van der Waals surface area contributed by atoms with Gasteiger partial charge in [-0.15, -0.1) is 0 Å². The zero-order valence-electron chi connectivity index (χ0n) is 16.6. The maximum Gasteiger partial charge on any atom is 0.243 e. The van der Waals surface area contributed by atoms with Crippen LogP contribution in [0, 0.1) is 20.8 Å². The molecule has 2 N–H and O–H groups in total. The topological polar surface area (TPSA) is 53.6 Å². The number of nitrogens with zero attached hydrogens (tertiary/aromatic N) is 1. The maximum absolute atomic E-state index is 12.6. The highest BCUT2D eigenvalue weighted by Crippen LogP contribution is 2.25. The van der Waals surface area contributed by atoms with Crippen LogP contribution in [-0.2, 0) is 4.79 Å². The summed E-state index contributed by atoms with van der Waals surface area (Å²) in [7, 11) is 1.62. The Hall–Kier alpha value is -2.60. The third-order valence-corrected chi connectivity index (χ3v) is 4.71. The van der Waals surface area contributed by atoms with Gasteiger partial charge in [0, 0.05) is 12.2 Å². The molecule has 0 aliphatic heterocycles. The van der Waals surface area contributed by atoms with Gasteiger partial charge < -0.3 is 20.3 Å². The number of likely N-dealkylation sites (N-methyl/N-ethyl adjacent to an activating group) is 1. The van der Waals surface area contributed by atoms with E-state index in [-0.39, 0.29) is 12.5 Å². The van der Waals surface area contributed by atoms with Gasteiger partial charge >= 0.3 is 0 Å². The number of carbonyl (C=O) groups excluding carboxylic acids is 1. The maximum atomic E-state index is 12.6. The van der Waals surface area contributed by atoms with Crippen molar-refractivity contribution in [2.45, 2.75) is 27.7 Å². The van der Waals surface area contributed by atoms with Crippen LogP contribution < -0.4 is 15.4 Å². The summed E-state index contributed by atoms with van der Waals surface area (Å²) in [5, 5.41) is 6.68. The molecule has 0 aromatic heterocycles. The van der Waals surface area contributed by atoms with Crippen molar-refractivity contribution in [3.8, 4) is 5.75 Å². The number of thiocarbonyl (C=S) groups is 1. The quantitative estimate of drug-likeness (QED) is 0.727. The van der Waals surface area contributed by atoms with E-state index in [4.69, 9.17) is 17.0 Å². The van der Waals surface area contributed by atoms with Gasteiger partial charge in [0.05, 0.1) is 19.3 Å². The first kappa shape index (κ1) is 20.7. The molecule has 0 radical (unpaired) electrons. The monoisotopic (exact) mass is 385 g/mol. The van der Waals surface area contributed by atoms with Crippen LogP contribution >= 0.6 is 12.2 Å². The van der Waals surface area contributed by atoms with Crippen LogP contribution in [0.5, 0.6) is 5.75 Å². The highest BCUT2D eigenvalue weighted by atomic mass is 32.1. The van der Waals surface area contributed by atoms with Gasteiger partial charge in [-0.1, -0.05) is 24.3 Å². The Balaban J connectivity index is 2.07. The number of nitrogens with one attached hydrogen (secondary N) is 2. The highest BCUT2D eigenvalue weighted by Gasteiger charge is 2.15. The van der Waals surface area contributed by atoms with Gasteiger partial charge in [0.2, 0.25) is 5.91 Å². The predicted octanol–water partition coefficient (Wildman–Crippen LogP) is 4.28. The molecule has 27 heavy (non-hydrogen) atoms. The first-order chi connectivity index (χ1) is 12.8. The van der Waals surface area contributed by atoms with Crippen molar-refractivity contribution < 1.29 is 9.53 Å². The number of aryl methyl sites for hydroxylation is 3. The van der Waals surface area contributed by atoms with Crippen LogP contribution in [0.15, 0.2) is 36.4 Å². The lowest BCUT2D eigenvalue weighted by Crippen LogP contribution is -2.40. The van der Waals surface area contributed by atoms with Gasteiger partial charge in [0.15, 0.2) is 5.11 Å². The average Bonchev–Trinajstić information content (AvgIpc) is 2.63. The summed E-state index contributed by atoms with van der Waals surface area (Å²) < 4.78 is 5.38. The number of amides is 1. The molecule has 0 atom stereocenters. The van der Waals surface area contributed by atoms with Crippen LogP contribution in [0.4, 0.5) is 11.4 Å². The van der Waals surface area contributed by atoms with Crippen molar-refractivity contribution in [3.05, 3.63) is 53.1 Å². The van der Waals surface area contributed by atoms with E-state index in [1.54, 1.807) is 7.11 Å². The van der Waals surface area contributed by atoms with Gasteiger partial charge in [0.1, 0.15) is 5.75 Å². The van der Waals surface area contributed by atoms with Crippen LogP contribution in [0.1, 0.15) is 23.6 Å². The van der Waals surface area contributed by atoms with E-state index < -0.39 is 0 Å². The summed E-state index contributed by atoms with van der Waals surface area (Å²) in [6, 6.07) is 11.8. The number of para-hydroxylation sites is 1. The number of hydrogen-bond acceptors (Lipinski definition) is 3. The molecule has 2 aromatic carbocycles. The number of rotatable bonds is 6. The minimum absolute atomic E-state index is 0.102. The molecule has 0 aliphatic rings. The van der Waals surface area contributed by atoms with E-state index >= 15 is 0 Å². The summed E-state index contributed by atoms with van der Waals surface area (Å²) in [6.07, 6.45) is 0. The largest absolute Gasteiger partial charge is 0.495 e. The Labute approximate surface area is 166 Å². The molecule has 0 spiro atoms. The standard InChI is InChI=1S/C21H27N3O2S/c1-6-24(13-19(25)23-20-15(3)8-7-9-16(20)4)21(27)22-17-12-14(2)10-11-18(17)26-5/h7-12H,6,13H2,1-5H3,(H,22,27)(H,23,25). The fourth-order valence-corrected chi connectivity index (χ4v) is 3.11. The molecule has 0 bridgehead atoms. The summed E-state index contributed by atoms with van der Waals surface area (Å²) in [6.45, 7) is 8.72. The van der Waals surface area contributed by atoms with Crippen LogP contribution in [-0.4, -0.2) is 36.1 Å². The summed E-state index contributed by atoms with van der Waals surface area (Å²) in [4.78, 5) is 14.4. The van der Waals surface area contributed by atoms with Gasteiger partial charge in [0.25, 0.3) is 0 Å². The molecule has 0 fully saturated rings. The molecule has 2 aromatic rings. The number of anilines is 2. The summed E-state index contributed by atoms with van der Waals surface area (Å²) in [5.41, 5.74) is 4.82. The lowest BCUT2D eigenvalue weighted by Gasteiger charge is -2.25. The molecule has 1 amide bonds. The molecule has 6 heteroatoms. The number of carbonyl (C=O) groups is 1. The Morgan fingerprint density at radius 3 is 2.37 bits per heavy atom. The first-order valence-corrected chi connectivity index (χ1v) is 9.33. The van der Waals surface area contributed by atoms with Gasteiger partial charge in [-0.2, -0.15) is 0 Å². The highest BCUT2D eigenvalue weighted by molar-refractivity contribution is 7.80. The number of ether oxygens (including phenoxy) is 1. The molecule has 0 unspecified atom stereocenters. The van der Waals surface area contributed by atoms with E-state index in [1.165, 1.54) is 0 Å². The third kappa shape index (κ3) is 5.44. The Morgan fingerprint density at radius 2 is 1.78 bits per heavy atom. The van der Waals surface area contributed by atoms with Gasteiger partial charge in [-0.3, -0.25) is 4.79 Å². The van der Waals surface area contributed by atoms with Gasteiger partial charge in [-0.05, 0) is 68.7 Å². The predicted molar refractivity (Wildman–Crippen MR) is 116 cm³/mol. The van der Waals surface area contributed by atoms with Gasteiger partial charge in [-0.25, -0.2) is 0 Å². The Kier molecular flexibility index (Phi) is 7.19. The van der Waals surface area contributed by atoms with E-state index in [0.29, 0.717) is 17.4 Å². The molecule has 0 saturated carbocycles. The number of methoxy groups -OCH3 is 1. The molecule has 2 rings (SSSR count). The number of benzene rings is 2. The molecular weight excluding hydrogens is 358 g/mol. The average molecular weight is 386 g/mol. The second kappa shape index (κ2) is 9.37. The Morgan fingerprint density at radius 1 is 1.11 bits per heavy atom. The molecule has 144 valence electrons. The zero-order valence-corrected chi connectivity index (χ0v) is 17.4. The van der Waals surface area contributed by atoms with E-state index in [1.807, 2.05) is 69.0 Å². The van der Waals surface area contributed by atoms with Crippen molar-refractivity contribution in [1.82, 2.24) is 4.90 Å². The fraction of sp³-hybridized carbons (Fsp3) is 0.333. The van der Waals surface area contributed by atoms with Crippen molar-refractivity contribution in [3.63, 3.8) is 0 Å². The summed E-state index contributed by atoms with van der Waals surface area (Å²) >= 11 is 5.52. The second-order valence-corrected chi connectivity index (χ2v) is 6.85. The van der Waals surface area contributed by atoms with Crippen molar-refractivity contribution in [2.75, 3.05) is 30.8 Å². The van der Waals surface area contributed by atoms with E-state index in [0.717, 1.165) is 28.1 Å². The summed E-state index contributed by atoms with van der Waals surface area (Å²) in [5.74, 6) is 0.605. The van der Waals surface area contributed by atoms with E-state index in [9.17, 15) is 4.79 Å². The van der Waals surface area contributed by atoms with Crippen LogP contribution in [0.25, 0.3) is 0 Å². The fourth-order valence-electron chi connectivity index (χ4n) is 2.80. The molecule has 0 aliphatic carbocycles. The van der Waals surface area contributed by atoms with Crippen molar-refractivity contribution in [1.29, 1.82) is 0 Å². The normalized spacial score (nSPS) is 10.3. The van der Waals surface area contributed by atoms with E-state index in [2.05, 4.69) is 10.6 Å². The SMILES string of the molecule is CCN(CC(=O)Nc1c(C)cccc1C)C(=S)Nc1cc(C)ccc1OC. The zero-order chi connectivity index (χ0) is 20.0. The van der Waals surface area contributed by atoms with Crippen molar-refractivity contribution >= 4 is 34.6 Å². The molecule has 0 heterocycles. The van der Waals surface area contributed by atoms with Crippen LogP contribution in [0.3, 0.4) is 0 Å². The van der Waals surface area contributed by atoms with Crippen LogP contribution in [0.2, 0.25) is 0 Å². The lowest BCUT2D eigenvalue weighted by molar-refractivity contribution is -0.116. The third-order valence-electron chi connectivity index (χ3n) is 4.35. The molecule has 5 nitrogen and oxygen atoms in total. The minimum Gasteiger partial charge on any atom is -0.495 e. The Bertz CT molecular complexity index is 816. The smallest absolute Gasteiger partial charge is 0.243 e. The molecular formula is C21H27N3O2S. The number of hydrogen-bond donors (Lipinski definition) is 2. The molecule has 0 saturated heterocycles. The first-order valence-electron chi connectivity index (χ1n) is 8.92. The second-order valence-electron chi connectivity index (χ2n) is 6.46. The van der Waals surface area contributed by atoms with Crippen molar-refractivity contribution in [2.24, 2.45) is 0 Å².